The number of nitrogens with zero attached hydrogens (tertiary/aromatic N) is 4. The van der Waals surface area contributed by atoms with Gasteiger partial charge in [-0.1, -0.05) is 0 Å². The normalized spacial score (nSPS) is 11.2. The number of fused-ring (bicyclic) bond motifs is 1. The highest BCUT2D eigenvalue weighted by molar-refractivity contribution is 5.68. The highest BCUT2D eigenvalue weighted by Crippen LogP contribution is 2.02. The minimum Gasteiger partial charge on any atom is -0.329 e. The molecule has 2 rings (SSSR count). The van der Waals surface area contributed by atoms with Crippen LogP contribution in [0.5, 0.6) is 0 Å². The van der Waals surface area contributed by atoms with E-state index in [0.717, 1.165) is 11.2 Å². The van der Waals surface area contributed by atoms with Gasteiger partial charge < -0.3 is 9.13 Å². The van der Waals surface area contributed by atoms with Crippen LogP contribution < -0.4 is 19.5 Å². The smallest absolute Gasteiger partial charge is 0.174 e. The molecule has 0 atom stereocenters. The number of nitrogens with one attached hydrogen (secondary N) is 1. The van der Waals surface area contributed by atoms with Crippen molar-refractivity contribution in [2.45, 2.75) is 0 Å². The maximum atomic E-state index is 8.60. The molecule has 0 aliphatic carbocycles. The van der Waals surface area contributed by atoms with Crippen LogP contribution in [-0.4, -0.2) is 23.8 Å². The largest absolute Gasteiger partial charge is 0.329 e. The maximum Gasteiger partial charge on any atom is 0.174 e. The molecular weight excluding hydrogens is 254 g/mol. The van der Waals surface area contributed by atoms with Crippen LogP contribution in [0, 0.1) is 15.7 Å². The van der Waals surface area contributed by atoms with Gasteiger partial charge in [0.15, 0.2) is 11.1 Å². The summed E-state index contributed by atoms with van der Waals surface area (Å²) in [6.07, 6.45) is 3.28. The lowest BCUT2D eigenvalue weighted by molar-refractivity contribution is -1.92. The first-order valence-corrected chi connectivity index (χ1v) is 5.47. The lowest BCUT2D eigenvalue weighted by atomic mass is 10.5. The molecule has 0 aliphatic rings. The Labute approximate surface area is 97.5 Å². The van der Waals surface area contributed by atoms with Crippen molar-refractivity contribution in [3.8, 4) is 0 Å². The number of aromatic nitrogens is 4. The minimum atomic E-state index is -4.69. The van der Waals surface area contributed by atoms with Crippen LogP contribution in [0.3, 0.4) is 0 Å². The molecule has 2 aromatic heterocycles. The van der Waals surface area contributed by atoms with Crippen molar-refractivity contribution in [1.29, 1.82) is 5.41 Å². The Kier molecular flexibility index (Phi) is 3.80. The summed E-state index contributed by atoms with van der Waals surface area (Å²) in [6.45, 7) is 0. The van der Waals surface area contributed by atoms with E-state index in [0.29, 0.717) is 0 Å². The lowest BCUT2D eigenvalue weighted by Gasteiger charge is -2.03. The van der Waals surface area contributed by atoms with Crippen LogP contribution in [0.2, 0.25) is 0 Å². The molecule has 0 saturated carbocycles. The molecule has 2 aromatic rings. The molecule has 0 aliphatic heterocycles. The van der Waals surface area contributed by atoms with Gasteiger partial charge in [0, 0.05) is 14.1 Å². The van der Waals surface area contributed by atoms with Crippen molar-refractivity contribution in [3.05, 3.63) is 18.1 Å². The molecule has 0 amide bonds. The summed E-state index contributed by atoms with van der Waals surface area (Å²) in [5.74, 6) is 0. The van der Waals surface area contributed by atoms with Crippen molar-refractivity contribution in [1.82, 2.24) is 19.1 Å². The SMILES string of the molecule is Cn1cnc(=N)c2c1ncn2C.[O-][Cl+3]([O-])([O-])O. The van der Waals surface area contributed by atoms with Gasteiger partial charge in [0.1, 0.15) is 5.52 Å². The molecule has 10 heteroatoms. The van der Waals surface area contributed by atoms with Gasteiger partial charge in [-0.15, -0.1) is 0 Å². The lowest BCUT2D eigenvalue weighted by Crippen LogP contribution is -2.58. The van der Waals surface area contributed by atoms with Gasteiger partial charge in [0.25, 0.3) is 0 Å². The first-order chi connectivity index (χ1) is 7.70. The van der Waals surface area contributed by atoms with Crippen LogP contribution >= 0.6 is 0 Å². The van der Waals surface area contributed by atoms with Crippen LogP contribution in [0.4, 0.5) is 0 Å². The van der Waals surface area contributed by atoms with E-state index in [1.807, 2.05) is 14.1 Å². The molecular formula is C7H10ClN5O4. The van der Waals surface area contributed by atoms with Crippen LogP contribution in [0.25, 0.3) is 11.2 Å². The fourth-order valence-corrected chi connectivity index (χ4v) is 1.21. The maximum absolute atomic E-state index is 8.60. The van der Waals surface area contributed by atoms with Crippen LogP contribution in [0.15, 0.2) is 12.7 Å². The molecule has 0 aromatic carbocycles. The molecule has 17 heavy (non-hydrogen) atoms. The van der Waals surface area contributed by atoms with Crippen molar-refractivity contribution >= 4 is 11.2 Å². The van der Waals surface area contributed by atoms with Gasteiger partial charge in [-0.25, -0.2) is 9.97 Å². The second kappa shape index (κ2) is 4.77. The fourth-order valence-electron chi connectivity index (χ4n) is 1.21. The van der Waals surface area contributed by atoms with Gasteiger partial charge in [0.05, 0.1) is 27.6 Å². The van der Waals surface area contributed by atoms with E-state index in [4.69, 9.17) is 24.0 Å². The molecule has 0 spiro atoms. The monoisotopic (exact) mass is 263 g/mol. The topological polar surface area (TPSA) is 149 Å². The van der Waals surface area contributed by atoms with Crippen molar-refractivity contribution < 1.29 is 28.9 Å². The van der Waals surface area contributed by atoms with E-state index >= 15 is 0 Å². The van der Waals surface area contributed by atoms with E-state index in [2.05, 4.69) is 9.97 Å². The van der Waals surface area contributed by atoms with Crippen molar-refractivity contribution in [2.75, 3.05) is 0 Å². The number of hydrogen-bond donors (Lipinski definition) is 2. The fraction of sp³-hybridized carbons (Fsp3) is 0.286. The van der Waals surface area contributed by atoms with Gasteiger partial charge in [-0.2, -0.15) is 14.0 Å². The number of aryl methyl sites for hydroxylation is 2. The standard InChI is InChI=1S/C7H9N5.ClHO4/c1-11-4-10-7-5(11)6(8)9-3-12(7)2;2-1(3,4)5/h3-4,8H,1-2H3;(H,2,3,4,5). The van der Waals surface area contributed by atoms with E-state index in [-0.39, 0.29) is 5.49 Å². The third kappa shape index (κ3) is 3.76. The Balaban J connectivity index is 0.000000249. The summed E-state index contributed by atoms with van der Waals surface area (Å²) in [4.78, 5) is 8.05. The molecule has 94 valence electrons. The predicted octanol–water partition coefficient (Wildman–Crippen LogP) is -4.34. The van der Waals surface area contributed by atoms with Crippen molar-refractivity contribution in [3.63, 3.8) is 0 Å². The first kappa shape index (κ1) is 13.5. The zero-order valence-electron chi connectivity index (χ0n) is 8.99. The average Bonchev–Trinajstić information content (AvgIpc) is 2.53. The van der Waals surface area contributed by atoms with E-state index < -0.39 is 10.2 Å². The number of rotatable bonds is 0. The van der Waals surface area contributed by atoms with Crippen LogP contribution in [-0.2, 0) is 14.1 Å². The molecule has 0 bridgehead atoms. The Bertz CT molecular complexity index is 566. The Morgan fingerprint density at radius 2 is 1.65 bits per heavy atom. The molecule has 0 fully saturated rings. The van der Waals surface area contributed by atoms with Gasteiger partial charge in [-0.05, 0) is 0 Å². The van der Waals surface area contributed by atoms with Crippen LogP contribution in [0.1, 0.15) is 0 Å². The zero-order valence-corrected chi connectivity index (χ0v) is 9.75. The summed E-state index contributed by atoms with van der Waals surface area (Å²) in [6, 6.07) is 0. The van der Waals surface area contributed by atoms with E-state index in [1.165, 1.54) is 0 Å². The highest BCUT2D eigenvalue weighted by atomic mass is 35.7. The summed E-state index contributed by atoms with van der Waals surface area (Å²) >= 11 is 0. The van der Waals surface area contributed by atoms with E-state index in [1.54, 1.807) is 21.8 Å². The molecule has 9 nitrogen and oxygen atoms in total. The summed E-state index contributed by atoms with van der Waals surface area (Å²) in [5.41, 5.74) is 1.82. The number of hydrogen-bond acceptors (Lipinski definition) is 7. The average molecular weight is 264 g/mol. The molecule has 0 unspecified atom stereocenters. The highest BCUT2D eigenvalue weighted by Gasteiger charge is 2.03. The third-order valence-electron chi connectivity index (χ3n) is 1.84. The molecule has 0 radical (unpaired) electrons. The molecule has 0 saturated heterocycles. The second-order valence-corrected chi connectivity index (χ2v) is 3.92. The second-order valence-electron chi connectivity index (χ2n) is 3.13. The summed E-state index contributed by atoms with van der Waals surface area (Å²) < 4.78 is 36.3. The van der Waals surface area contributed by atoms with E-state index in [9.17, 15) is 0 Å². The van der Waals surface area contributed by atoms with Gasteiger partial charge >= 0.3 is 0 Å². The number of halogens is 1. The Hall–Kier alpha value is -1.52. The molecule has 2 N–H and O–H groups in total. The zero-order chi connectivity index (χ0) is 13.2. The first-order valence-electron chi connectivity index (χ1n) is 4.20. The van der Waals surface area contributed by atoms with Gasteiger partial charge in [0.2, 0.25) is 0 Å². The number of imidazole rings is 1. The third-order valence-corrected chi connectivity index (χ3v) is 1.84. The van der Waals surface area contributed by atoms with Crippen molar-refractivity contribution in [2.24, 2.45) is 14.1 Å². The van der Waals surface area contributed by atoms with Gasteiger partial charge in [-0.3, -0.25) is 5.41 Å². The minimum absolute atomic E-state index is 0.267. The summed E-state index contributed by atoms with van der Waals surface area (Å²) in [7, 11) is -0.975. The Morgan fingerprint density at radius 3 is 2.12 bits per heavy atom. The Morgan fingerprint density at radius 1 is 1.18 bits per heavy atom. The summed E-state index contributed by atoms with van der Waals surface area (Å²) in [5, 5.41) is 7.53. The molecule has 2 heterocycles. The predicted molar refractivity (Wildman–Crippen MR) is 45.6 cm³/mol. The quantitative estimate of drug-likeness (QED) is 0.491.